The van der Waals surface area contributed by atoms with Gasteiger partial charge in [-0.3, -0.25) is 4.79 Å². The van der Waals surface area contributed by atoms with Crippen LogP contribution in [0.1, 0.15) is 22.8 Å². The summed E-state index contributed by atoms with van der Waals surface area (Å²) in [6, 6.07) is 6.96. The van der Waals surface area contributed by atoms with Crippen LogP contribution in [0, 0.1) is 24.2 Å². The van der Waals surface area contributed by atoms with Crippen molar-refractivity contribution in [3.63, 3.8) is 0 Å². The van der Waals surface area contributed by atoms with E-state index < -0.39 is 5.92 Å². The van der Waals surface area contributed by atoms with Gasteiger partial charge in [0.25, 0.3) is 0 Å². The molecule has 0 spiro atoms. The third-order valence-electron chi connectivity index (χ3n) is 2.04. The normalized spacial score (nSPS) is 11.9. The number of aryl methyl sites for hydroxylation is 1. The molecule has 3 heteroatoms. The van der Waals surface area contributed by atoms with Gasteiger partial charge in [0, 0.05) is 10.6 Å². The number of benzene rings is 1. The van der Waals surface area contributed by atoms with E-state index in [1.54, 1.807) is 25.1 Å². The van der Waals surface area contributed by atoms with E-state index in [-0.39, 0.29) is 5.78 Å². The highest BCUT2D eigenvalue weighted by Crippen LogP contribution is 2.18. The van der Waals surface area contributed by atoms with Crippen LogP contribution in [0.5, 0.6) is 0 Å². The second-order valence-electron chi connectivity index (χ2n) is 3.17. The first-order valence-electron chi connectivity index (χ1n) is 4.26. The first-order valence-corrected chi connectivity index (χ1v) is 4.64. The van der Waals surface area contributed by atoms with E-state index in [1.807, 2.05) is 13.0 Å². The molecule has 1 rings (SSSR count). The van der Waals surface area contributed by atoms with Crippen LogP contribution in [0.25, 0.3) is 0 Å². The third-order valence-corrected chi connectivity index (χ3v) is 2.28. The maximum Gasteiger partial charge on any atom is 0.179 e. The van der Waals surface area contributed by atoms with Gasteiger partial charge < -0.3 is 0 Å². The molecular weight excluding hydrogens is 198 g/mol. The molecule has 0 fully saturated rings. The molecule has 0 radical (unpaired) electrons. The zero-order valence-corrected chi connectivity index (χ0v) is 8.80. The Hall–Kier alpha value is -1.33. The van der Waals surface area contributed by atoms with Crippen LogP contribution in [0.2, 0.25) is 5.02 Å². The largest absolute Gasteiger partial charge is 0.293 e. The highest BCUT2D eigenvalue weighted by atomic mass is 35.5. The molecule has 0 aliphatic carbocycles. The van der Waals surface area contributed by atoms with Gasteiger partial charge in [-0.25, -0.2) is 0 Å². The number of rotatable bonds is 2. The van der Waals surface area contributed by atoms with Gasteiger partial charge in [-0.1, -0.05) is 11.6 Å². The minimum absolute atomic E-state index is 0.151. The van der Waals surface area contributed by atoms with E-state index >= 15 is 0 Å². The molecule has 0 heterocycles. The summed E-state index contributed by atoms with van der Waals surface area (Å²) in [5.74, 6) is -0.753. The number of hydrogen-bond acceptors (Lipinski definition) is 2. The molecular formula is C11H10ClNO. The van der Waals surface area contributed by atoms with Crippen molar-refractivity contribution in [3.05, 3.63) is 34.3 Å². The van der Waals surface area contributed by atoms with E-state index in [0.29, 0.717) is 10.6 Å². The molecule has 1 aromatic carbocycles. The zero-order valence-electron chi connectivity index (χ0n) is 8.04. The van der Waals surface area contributed by atoms with Crippen molar-refractivity contribution >= 4 is 17.4 Å². The van der Waals surface area contributed by atoms with Crippen molar-refractivity contribution in [2.45, 2.75) is 13.8 Å². The summed E-state index contributed by atoms with van der Waals surface area (Å²) < 4.78 is 0. The third kappa shape index (κ3) is 2.12. The lowest BCUT2D eigenvalue weighted by atomic mass is 9.97. The lowest BCUT2D eigenvalue weighted by Crippen LogP contribution is -2.10. The van der Waals surface area contributed by atoms with E-state index in [4.69, 9.17) is 16.9 Å². The van der Waals surface area contributed by atoms with Crippen molar-refractivity contribution in [1.29, 1.82) is 5.26 Å². The van der Waals surface area contributed by atoms with Crippen LogP contribution in [-0.2, 0) is 0 Å². The zero-order chi connectivity index (χ0) is 10.7. The van der Waals surface area contributed by atoms with Gasteiger partial charge in [-0.05, 0) is 37.6 Å². The number of halogens is 1. The molecule has 1 unspecified atom stereocenters. The van der Waals surface area contributed by atoms with Crippen LogP contribution in [0.15, 0.2) is 18.2 Å². The molecule has 1 aromatic rings. The Morgan fingerprint density at radius 1 is 1.57 bits per heavy atom. The highest BCUT2D eigenvalue weighted by Gasteiger charge is 2.16. The Kier molecular flexibility index (Phi) is 3.27. The lowest BCUT2D eigenvalue weighted by Gasteiger charge is -2.05. The Morgan fingerprint density at radius 3 is 2.71 bits per heavy atom. The minimum Gasteiger partial charge on any atom is -0.293 e. The molecule has 0 bridgehead atoms. The predicted octanol–water partition coefficient (Wildman–Crippen LogP) is 2.99. The van der Waals surface area contributed by atoms with Gasteiger partial charge >= 0.3 is 0 Å². The van der Waals surface area contributed by atoms with E-state index in [0.717, 1.165) is 5.56 Å². The second kappa shape index (κ2) is 4.26. The first kappa shape index (κ1) is 10.7. The van der Waals surface area contributed by atoms with Crippen LogP contribution in [-0.4, -0.2) is 5.78 Å². The van der Waals surface area contributed by atoms with Gasteiger partial charge in [-0.15, -0.1) is 0 Å². The fraction of sp³-hybridized carbons (Fsp3) is 0.273. The molecule has 14 heavy (non-hydrogen) atoms. The van der Waals surface area contributed by atoms with Crippen LogP contribution in [0.3, 0.4) is 0 Å². The quantitative estimate of drug-likeness (QED) is 0.700. The molecule has 1 atom stereocenters. The maximum absolute atomic E-state index is 11.6. The van der Waals surface area contributed by atoms with Crippen molar-refractivity contribution in [1.82, 2.24) is 0 Å². The smallest absolute Gasteiger partial charge is 0.179 e. The molecule has 0 aromatic heterocycles. The lowest BCUT2D eigenvalue weighted by molar-refractivity contribution is 0.0956. The van der Waals surface area contributed by atoms with Gasteiger partial charge in [-0.2, -0.15) is 5.26 Å². The Labute approximate surface area is 88.1 Å². The van der Waals surface area contributed by atoms with E-state index in [9.17, 15) is 4.79 Å². The summed E-state index contributed by atoms with van der Waals surface area (Å²) in [6.45, 7) is 3.40. The number of Topliss-reactive ketones (excluding diaryl/α,β-unsaturated/α-hetero) is 1. The standard InChI is InChI=1S/C11H10ClNO/c1-7-5-9(12)3-4-10(7)11(14)8(2)6-13/h3-5,8H,1-2H3. The SMILES string of the molecule is Cc1cc(Cl)ccc1C(=O)C(C)C#N. The Morgan fingerprint density at radius 2 is 2.21 bits per heavy atom. The minimum atomic E-state index is -0.602. The Bertz CT molecular complexity index is 406. The molecule has 0 saturated heterocycles. The summed E-state index contributed by atoms with van der Waals surface area (Å²) in [7, 11) is 0. The molecule has 0 amide bonds. The number of nitriles is 1. The van der Waals surface area contributed by atoms with E-state index in [2.05, 4.69) is 0 Å². The summed E-state index contributed by atoms with van der Waals surface area (Å²) in [6.07, 6.45) is 0. The summed E-state index contributed by atoms with van der Waals surface area (Å²) in [4.78, 5) is 11.6. The topological polar surface area (TPSA) is 40.9 Å². The van der Waals surface area contributed by atoms with E-state index in [1.165, 1.54) is 0 Å². The van der Waals surface area contributed by atoms with Gasteiger partial charge in [0.05, 0.1) is 6.07 Å². The van der Waals surface area contributed by atoms with Crippen molar-refractivity contribution in [2.24, 2.45) is 5.92 Å². The summed E-state index contributed by atoms with van der Waals surface area (Å²) >= 11 is 5.76. The maximum atomic E-state index is 11.6. The van der Waals surface area contributed by atoms with Crippen LogP contribution in [0.4, 0.5) is 0 Å². The highest BCUT2D eigenvalue weighted by molar-refractivity contribution is 6.30. The van der Waals surface area contributed by atoms with Crippen LogP contribution < -0.4 is 0 Å². The van der Waals surface area contributed by atoms with Crippen molar-refractivity contribution in [3.8, 4) is 6.07 Å². The molecule has 0 saturated carbocycles. The van der Waals surface area contributed by atoms with Crippen molar-refractivity contribution in [2.75, 3.05) is 0 Å². The van der Waals surface area contributed by atoms with Gasteiger partial charge in [0.2, 0.25) is 0 Å². The number of nitrogens with zero attached hydrogens (tertiary/aromatic N) is 1. The predicted molar refractivity (Wildman–Crippen MR) is 55.3 cm³/mol. The van der Waals surface area contributed by atoms with Gasteiger partial charge in [0.15, 0.2) is 5.78 Å². The second-order valence-corrected chi connectivity index (χ2v) is 3.61. The van der Waals surface area contributed by atoms with Crippen molar-refractivity contribution < 1.29 is 4.79 Å². The molecule has 0 aliphatic rings. The number of ketones is 1. The Balaban J connectivity index is 3.09. The summed E-state index contributed by atoms with van der Waals surface area (Å²) in [5.41, 5.74) is 1.38. The molecule has 2 nitrogen and oxygen atoms in total. The summed E-state index contributed by atoms with van der Waals surface area (Å²) in [5, 5.41) is 9.22. The average molecular weight is 208 g/mol. The monoisotopic (exact) mass is 207 g/mol. The fourth-order valence-corrected chi connectivity index (χ4v) is 1.42. The van der Waals surface area contributed by atoms with Gasteiger partial charge in [0.1, 0.15) is 5.92 Å². The first-order chi connectivity index (χ1) is 6.56. The fourth-order valence-electron chi connectivity index (χ4n) is 1.20. The number of carbonyl (C=O) groups excluding carboxylic acids is 1. The molecule has 0 N–H and O–H groups in total. The number of hydrogen-bond donors (Lipinski definition) is 0. The average Bonchev–Trinajstić information content (AvgIpc) is 2.15. The number of carbonyl (C=O) groups is 1. The molecule has 0 aliphatic heterocycles. The molecule has 72 valence electrons. The van der Waals surface area contributed by atoms with Crippen LogP contribution >= 0.6 is 11.6 Å².